The minimum atomic E-state index is -2.36. The van der Waals surface area contributed by atoms with Gasteiger partial charge in [-0.3, -0.25) is 0 Å². The molecule has 0 spiro atoms. The van der Waals surface area contributed by atoms with Gasteiger partial charge in [-0.1, -0.05) is 36.4 Å². The maximum atomic E-state index is 13.2. The highest BCUT2D eigenvalue weighted by atomic mass is 19.3. The molecule has 1 aromatic rings. The molecule has 0 aliphatic carbocycles. The van der Waals surface area contributed by atoms with Gasteiger partial charge in [0.25, 0.3) is 0 Å². The molecule has 1 aromatic carbocycles. The predicted molar refractivity (Wildman–Crippen MR) is 55.7 cm³/mol. The minimum absolute atomic E-state index is 0.000259. The van der Waals surface area contributed by atoms with E-state index in [0.717, 1.165) is 0 Å². The van der Waals surface area contributed by atoms with Gasteiger partial charge >= 0.3 is 6.08 Å². The van der Waals surface area contributed by atoms with Gasteiger partial charge in [0.2, 0.25) is 0 Å². The van der Waals surface area contributed by atoms with E-state index in [1.165, 1.54) is 18.2 Å². The second-order valence-corrected chi connectivity index (χ2v) is 3.02. The Morgan fingerprint density at radius 2 is 1.88 bits per heavy atom. The van der Waals surface area contributed by atoms with Crippen molar-refractivity contribution in [3.63, 3.8) is 0 Å². The molecule has 0 aromatic heterocycles. The second-order valence-electron chi connectivity index (χ2n) is 3.02. The third-order valence-electron chi connectivity index (χ3n) is 1.89. The Kier molecular flexibility index (Phi) is 4.79. The van der Waals surface area contributed by atoms with E-state index in [0.29, 0.717) is 5.56 Å². The molecule has 0 radical (unpaired) electrons. The Labute approximate surface area is 91.9 Å². The number of hydrogen-bond donors (Lipinski definition) is 0. The lowest BCUT2D eigenvalue weighted by Gasteiger charge is -2.14. The first-order valence-corrected chi connectivity index (χ1v) is 4.65. The lowest BCUT2D eigenvalue weighted by atomic mass is 10.1. The van der Waals surface area contributed by atoms with Crippen molar-refractivity contribution in [3.8, 4) is 0 Å². The molecule has 1 unspecified atom stereocenters. The molecule has 0 aliphatic rings. The molecule has 16 heavy (non-hydrogen) atoms. The van der Waals surface area contributed by atoms with Crippen molar-refractivity contribution in [1.29, 1.82) is 0 Å². The third kappa shape index (κ3) is 3.24. The summed E-state index contributed by atoms with van der Waals surface area (Å²) in [5.41, 5.74) is 0.342. The molecule has 86 valence electrons. The van der Waals surface area contributed by atoms with E-state index in [1.807, 2.05) is 0 Å². The number of rotatable bonds is 5. The van der Waals surface area contributed by atoms with E-state index in [1.54, 1.807) is 18.2 Å². The summed E-state index contributed by atoms with van der Waals surface area (Å²) in [7, 11) is 0. The summed E-state index contributed by atoms with van der Waals surface area (Å²) in [4.78, 5) is 0. The molecule has 0 saturated heterocycles. The maximum absolute atomic E-state index is 13.2. The molecule has 0 heterocycles. The van der Waals surface area contributed by atoms with Gasteiger partial charge in [0.05, 0.1) is 6.61 Å². The van der Waals surface area contributed by atoms with Gasteiger partial charge in [0, 0.05) is 0 Å². The zero-order valence-electron chi connectivity index (χ0n) is 8.50. The largest absolute Gasteiger partial charge is 0.362 e. The van der Waals surface area contributed by atoms with Crippen LogP contribution in [0.25, 0.3) is 0 Å². The van der Waals surface area contributed by atoms with Gasteiger partial charge in [-0.2, -0.15) is 8.78 Å². The molecule has 1 nitrogen and oxygen atoms in total. The molecule has 0 fully saturated rings. The van der Waals surface area contributed by atoms with Crippen LogP contribution in [0.5, 0.6) is 0 Å². The van der Waals surface area contributed by atoms with E-state index in [9.17, 15) is 13.2 Å². The van der Waals surface area contributed by atoms with Crippen LogP contribution in [0, 0.1) is 0 Å². The van der Waals surface area contributed by atoms with E-state index in [-0.39, 0.29) is 6.61 Å². The van der Waals surface area contributed by atoms with Crippen molar-refractivity contribution in [2.24, 2.45) is 0 Å². The summed E-state index contributed by atoms with van der Waals surface area (Å²) in [6, 6.07) is 8.01. The lowest BCUT2D eigenvalue weighted by Crippen LogP contribution is -2.06. The van der Waals surface area contributed by atoms with Crippen LogP contribution in [0.2, 0.25) is 0 Å². The highest BCUT2D eigenvalue weighted by Gasteiger charge is 2.21. The molecular weight excluding hydrogens is 217 g/mol. The zero-order chi connectivity index (χ0) is 12.0. The third-order valence-corrected chi connectivity index (χ3v) is 1.89. The van der Waals surface area contributed by atoms with Crippen LogP contribution < -0.4 is 0 Å². The second kappa shape index (κ2) is 6.12. The SMILES string of the molecule is C=CCOC(C(F)=C(F)F)c1ccccc1. The first-order valence-electron chi connectivity index (χ1n) is 4.65. The molecule has 0 aliphatic heterocycles. The van der Waals surface area contributed by atoms with Crippen LogP contribution in [-0.2, 0) is 4.74 Å². The lowest BCUT2D eigenvalue weighted by molar-refractivity contribution is 0.0771. The Morgan fingerprint density at radius 1 is 1.25 bits per heavy atom. The van der Waals surface area contributed by atoms with Gasteiger partial charge in [-0.15, -0.1) is 6.58 Å². The van der Waals surface area contributed by atoms with Crippen molar-refractivity contribution in [3.05, 3.63) is 60.5 Å². The summed E-state index contributed by atoms with van der Waals surface area (Å²) in [5.74, 6) is -1.56. The summed E-state index contributed by atoms with van der Waals surface area (Å²) >= 11 is 0. The quantitative estimate of drug-likeness (QED) is 0.692. The van der Waals surface area contributed by atoms with Crippen LogP contribution in [0.3, 0.4) is 0 Å². The molecular formula is C12H11F3O. The molecule has 0 N–H and O–H groups in total. The standard InChI is InChI=1S/C12H11F3O/c1-2-8-16-11(10(13)12(14)15)9-6-4-3-5-7-9/h2-7,11H,1,8H2. The van der Waals surface area contributed by atoms with E-state index in [4.69, 9.17) is 4.74 Å². The van der Waals surface area contributed by atoms with Gasteiger partial charge in [0.1, 0.15) is 6.10 Å². The van der Waals surface area contributed by atoms with Gasteiger partial charge in [-0.05, 0) is 5.56 Å². The maximum Gasteiger partial charge on any atom is 0.304 e. The molecule has 0 bridgehead atoms. The molecule has 1 atom stereocenters. The fourth-order valence-electron chi connectivity index (χ4n) is 1.21. The zero-order valence-corrected chi connectivity index (χ0v) is 8.50. The van der Waals surface area contributed by atoms with Gasteiger partial charge in [-0.25, -0.2) is 4.39 Å². The molecule has 1 rings (SSSR count). The van der Waals surface area contributed by atoms with Crippen molar-refractivity contribution in [2.45, 2.75) is 6.10 Å². The minimum Gasteiger partial charge on any atom is -0.362 e. The van der Waals surface area contributed by atoms with Crippen LogP contribution in [0.15, 0.2) is 54.9 Å². The number of hydrogen-bond acceptors (Lipinski definition) is 1. The van der Waals surface area contributed by atoms with E-state index >= 15 is 0 Å². The summed E-state index contributed by atoms with van der Waals surface area (Å²) in [6.07, 6.45) is -2.36. The topological polar surface area (TPSA) is 9.23 Å². The number of ether oxygens (including phenoxy) is 1. The van der Waals surface area contributed by atoms with Gasteiger partial charge in [0.15, 0.2) is 5.83 Å². The smallest absolute Gasteiger partial charge is 0.304 e. The fourth-order valence-corrected chi connectivity index (χ4v) is 1.21. The normalized spacial score (nSPS) is 11.9. The summed E-state index contributed by atoms with van der Waals surface area (Å²) in [5, 5.41) is 0. The summed E-state index contributed by atoms with van der Waals surface area (Å²) in [6.45, 7) is 3.38. The van der Waals surface area contributed by atoms with Crippen LogP contribution in [0.4, 0.5) is 13.2 Å². The van der Waals surface area contributed by atoms with Crippen LogP contribution >= 0.6 is 0 Å². The highest BCUT2D eigenvalue weighted by Crippen LogP contribution is 2.29. The van der Waals surface area contributed by atoms with Crippen molar-refractivity contribution in [1.82, 2.24) is 0 Å². The monoisotopic (exact) mass is 228 g/mol. The average molecular weight is 228 g/mol. The average Bonchev–Trinajstić information content (AvgIpc) is 2.30. The Morgan fingerprint density at radius 3 is 2.38 bits per heavy atom. The van der Waals surface area contributed by atoms with Crippen molar-refractivity contribution >= 4 is 0 Å². The number of halogens is 3. The van der Waals surface area contributed by atoms with E-state index < -0.39 is 18.0 Å². The Hall–Kier alpha value is -1.55. The predicted octanol–water partition coefficient (Wildman–Crippen LogP) is 4.01. The van der Waals surface area contributed by atoms with Gasteiger partial charge < -0.3 is 4.74 Å². The van der Waals surface area contributed by atoms with Crippen LogP contribution in [-0.4, -0.2) is 6.61 Å². The van der Waals surface area contributed by atoms with Crippen molar-refractivity contribution < 1.29 is 17.9 Å². The first kappa shape index (κ1) is 12.5. The molecule has 0 saturated carbocycles. The fraction of sp³-hybridized carbons (Fsp3) is 0.167. The Balaban J connectivity index is 2.97. The van der Waals surface area contributed by atoms with Crippen LogP contribution in [0.1, 0.15) is 11.7 Å². The summed E-state index contributed by atoms with van der Waals surface area (Å²) < 4.78 is 42.5. The number of benzene rings is 1. The Bertz CT molecular complexity index is 369. The molecule has 0 amide bonds. The molecule has 4 heteroatoms. The first-order chi connectivity index (χ1) is 7.66. The van der Waals surface area contributed by atoms with Crippen molar-refractivity contribution in [2.75, 3.05) is 6.61 Å². The highest BCUT2D eigenvalue weighted by molar-refractivity contribution is 5.24. The van der Waals surface area contributed by atoms with E-state index in [2.05, 4.69) is 6.58 Å².